The smallest absolute Gasteiger partial charge is 0.254 e. The molecule has 110 valence electrons. The fourth-order valence-electron chi connectivity index (χ4n) is 2.78. The Balaban J connectivity index is 2.14. The van der Waals surface area contributed by atoms with Crippen LogP contribution < -0.4 is 5.73 Å². The molecule has 20 heavy (non-hydrogen) atoms. The Morgan fingerprint density at radius 2 is 2.05 bits per heavy atom. The first-order valence-electron chi connectivity index (χ1n) is 7.04. The van der Waals surface area contributed by atoms with Gasteiger partial charge in [-0.25, -0.2) is 0 Å². The molecule has 0 aromatic heterocycles. The quantitative estimate of drug-likeness (QED) is 0.891. The lowest BCUT2D eigenvalue weighted by molar-refractivity contribution is 0.0640. The van der Waals surface area contributed by atoms with Gasteiger partial charge in [0.05, 0.1) is 5.02 Å². The molecule has 1 fully saturated rings. The summed E-state index contributed by atoms with van der Waals surface area (Å²) in [5, 5.41) is 0.567. The molecule has 1 amide bonds. The standard InChI is InChI=1S/C15H20BrClN2O/c1-2-19(12-6-4-11(18)5-7-12)15(20)10-3-8-13(16)14(17)9-10/h3,8-9,11-12H,2,4-7,18H2,1H3. The summed E-state index contributed by atoms with van der Waals surface area (Å²) in [5.74, 6) is 0.0578. The molecule has 0 unspecified atom stereocenters. The zero-order valence-corrected chi connectivity index (χ0v) is 14.0. The zero-order chi connectivity index (χ0) is 14.7. The highest BCUT2D eigenvalue weighted by Gasteiger charge is 2.27. The molecule has 5 heteroatoms. The lowest BCUT2D eigenvalue weighted by atomic mass is 9.90. The predicted octanol–water partition coefficient (Wildman–Crippen LogP) is 3.83. The van der Waals surface area contributed by atoms with E-state index in [0.717, 1.165) is 30.2 Å². The Morgan fingerprint density at radius 3 is 2.60 bits per heavy atom. The molecule has 1 saturated carbocycles. The van der Waals surface area contributed by atoms with E-state index in [0.29, 0.717) is 29.2 Å². The first kappa shape index (κ1) is 15.8. The van der Waals surface area contributed by atoms with E-state index in [-0.39, 0.29) is 5.91 Å². The Hall–Kier alpha value is -0.580. The van der Waals surface area contributed by atoms with E-state index in [1.807, 2.05) is 24.0 Å². The van der Waals surface area contributed by atoms with Gasteiger partial charge in [0.2, 0.25) is 0 Å². The van der Waals surface area contributed by atoms with Crippen molar-refractivity contribution in [1.82, 2.24) is 4.90 Å². The van der Waals surface area contributed by atoms with Gasteiger partial charge in [-0.1, -0.05) is 11.6 Å². The molecule has 0 atom stereocenters. The van der Waals surface area contributed by atoms with E-state index in [2.05, 4.69) is 15.9 Å². The minimum absolute atomic E-state index is 0.0578. The molecule has 1 aliphatic rings. The van der Waals surface area contributed by atoms with Gasteiger partial charge in [-0.2, -0.15) is 0 Å². The molecule has 0 aliphatic heterocycles. The Labute approximate surface area is 133 Å². The fraction of sp³-hybridized carbons (Fsp3) is 0.533. The third-order valence-electron chi connectivity index (χ3n) is 3.95. The molecule has 1 aromatic rings. The maximum atomic E-state index is 12.6. The summed E-state index contributed by atoms with van der Waals surface area (Å²) in [5.41, 5.74) is 6.58. The molecule has 0 spiro atoms. The van der Waals surface area contributed by atoms with Crippen LogP contribution in [0.15, 0.2) is 22.7 Å². The van der Waals surface area contributed by atoms with E-state index in [4.69, 9.17) is 17.3 Å². The highest BCUT2D eigenvalue weighted by atomic mass is 79.9. The van der Waals surface area contributed by atoms with E-state index in [9.17, 15) is 4.79 Å². The van der Waals surface area contributed by atoms with E-state index >= 15 is 0 Å². The second kappa shape index (κ2) is 6.92. The molecule has 0 radical (unpaired) electrons. The number of rotatable bonds is 3. The maximum Gasteiger partial charge on any atom is 0.254 e. The van der Waals surface area contributed by atoms with Crippen LogP contribution in [0.3, 0.4) is 0 Å². The van der Waals surface area contributed by atoms with Crippen molar-refractivity contribution in [1.29, 1.82) is 0 Å². The SMILES string of the molecule is CCN(C(=O)c1ccc(Br)c(Cl)c1)C1CCC(N)CC1. The van der Waals surface area contributed by atoms with Crippen LogP contribution in [0.2, 0.25) is 5.02 Å². The van der Waals surface area contributed by atoms with Crippen molar-refractivity contribution in [2.24, 2.45) is 5.73 Å². The number of halogens is 2. The van der Waals surface area contributed by atoms with Gasteiger partial charge in [0.25, 0.3) is 5.91 Å². The van der Waals surface area contributed by atoms with Crippen molar-refractivity contribution in [2.75, 3.05) is 6.54 Å². The Morgan fingerprint density at radius 1 is 1.40 bits per heavy atom. The summed E-state index contributed by atoms with van der Waals surface area (Å²) in [7, 11) is 0. The summed E-state index contributed by atoms with van der Waals surface area (Å²) in [6.45, 7) is 2.74. The molecule has 1 aromatic carbocycles. The highest BCUT2D eigenvalue weighted by Crippen LogP contribution is 2.26. The van der Waals surface area contributed by atoms with Gasteiger partial charge in [-0.15, -0.1) is 0 Å². The largest absolute Gasteiger partial charge is 0.336 e. The third kappa shape index (κ3) is 3.54. The molecule has 0 heterocycles. The molecule has 2 N–H and O–H groups in total. The van der Waals surface area contributed by atoms with Gasteiger partial charge in [-0.05, 0) is 66.7 Å². The monoisotopic (exact) mass is 358 g/mol. The Bertz CT molecular complexity index is 487. The summed E-state index contributed by atoms with van der Waals surface area (Å²) >= 11 is 9.42. The summed E-state index contributed by atoms with van der Waals surface area (Å²) in [4.78, 5) is 14.6. The van der Waals surface area contributed by atoms with Crippen molar-refractivity contribution in [3.63, 3.8) is 0 Å². The first-order chi connectivity index (χ1) is 9.52. The normalized spacial score (nSPS) is 22.6. The van der Waals surface area contributed by atoms with Gasteiger partial charge < -0.3 is 10.6 Å². The van der Waals surface area contributed by atoms with Crippen molar-refractivity contribution >= 4 is 33.4 Å². The molecule has 2 rings (SSSR count). The number of nitrogens with two attached hydrogens (primary N) is 1. The minimum Gasteiger partial charge on any atom is -0.336 e. The van der Waals surface area contributed by atoms with E-state index < -0.39 is 0 Å². The highest BCUT2D eigenvalue weighted by molar-refractivity contribution is 9.10. The predicted molar refractivity (Wildman–Crippen MR) is 86.1 cm³/mol. The molecular formula is C15H20BrClN2O. The average Bonchev–Trinajstić information content (AvgIpc) is 2.44. The van der Waals surface area contributed by atoms with Gasteiger partial charge in [0, 0.05) is 28.7 Å². The van der Waals surface area contributed by atoms with Gasteiger partial charge in [-0.3, -0.25) is 4.79 Å². The topological polar surface area (TPSA) is 46.3 Å². The summed E-state index contributed by atoms with van der Waals surface area (Å²) in [6, 6.07) is 5.96. The van der Waals surface area contributed by atoms with Gasteiger partial charge in [0.15, 0.2) is 0 Å². The zero-order valence-electron chi connectivity index (χ0n) is 11.6. The van der Waals surface area contributed by atoms with Crippen LogP contribution in [0.5, 0.6) is 0 Å². The molecule has 1 aliphatic carbocycles. The Kier molecular flexibility index (Phi) is 5.47. The van der Waals surface area contributed by atoms with Crippen molar-refractivity contribution in [3.05, 3.63) is 33.3 Å². The van der Waals surface area contributed by atoms with Gasteiger partial charge >= 0.3 is 0 Å². The maximum absolute atomic E-state index is 12.6. The van der Waals surface area contributed by atoms with Crippen molar-refractivity contribution in [3.8, 4) is 0 Å². The second-order valence-corrected chi connectivity index (χ2v) is 6.55. The fourth-order valence-corrected chi connectivity index (χ4v) is 3.20. The summed E-state index contributed by atoms with van der Waals surface area (Å²) in [6.07, 6.45) is 3.97. The first-order valence-corrected chi connectivity index (χ1v) is 8.21. The van der Waals surface area contributed by atoms with E-state index in [1.54, 1.807) is 6.07 Å². The number of hydrogen-bond acceptors (Lipinski definition) is 2. The lowest BCUT2D eigenvalue weighted by Crippen LogP contribution is -2.44. The average molecular weight is 360 g/mol. The molecule has 0 saturated heterocycles. The van der Waals surface area contributed by atoms with Crippen LogP contribution in [0.1, 0.15) is 43.0 Å². The number of carbonyl (C=O) groups excluding carboxylic acids is 1. The third-order valence-corrected chi connectivity index (χ3v) is 5.18. The second-order valence-electron chi connectivity index (χ2n) is 5.29. The van der Waals surface area contributed by atoms with Crippen LogP contribution in [0, 0.1) is 0 Å². The number of carbonyl (C=O) groups is 1. The van der Waals surface area contributed by atoms with Gasteiger partial charge in [0.1, 0.15) is 0 Å². The van der Waals surface area contributed by atoms with Crippen LogP contribution >= 0.6 is 27.5 Å². The minimum atomic E-state index is 0.0578. The van der Waals surface area contributed by atoms with Crippen LogP contribution in [0.25, 0.3) is 0 Å². The number of hydrogen-bond donors (Lipinski definition) is 1. The number of benzene rings is 1. The van der Waals surface area contributed by atoms with Crippen LogP contribution in [0.4, 0.5) is 0 Å². The lowest BCUT2D eigenvalue weighted by Gasteiger charge is -2.35. The van der Waals surface area contributed by atoms with Crippen LogP contribution in [-0.4, -0.2) is 29.4 Å². The molecule has 3 nitrogen and oxygen atoms in total. The number of amides is 1. The molecular weight excluding hydrogens is 340 g/mol. The number of nitrogens with zero attached hydrogens (tertiary/aromatic N) is 1. The van der Waals surface area contributed by atoms with E-state index in [1.165, 1.54) is 0 Å². The van der Waals surface area contributed by atoms with Crippen molar-refractivity contribution in [2.45, 2.75) is 44.7 Å². The molecule has 0 bridgehead atoms. The van der Waals surface area contributed by atoms with Crippen LogP contribution in [-0.2, 0) is 0 Å². The summed E-state index contributed by atoms with van der Waals surface area (Å²) < 4.78 is 0.808. The van der Waals surface area contributed by atoms with Crippen molar-refractivity contribution < 1.29 is 4.79 Å².